The fourth-order valence-electron chi connectivity index (χ4n) is 2.59. The molecule has 0 saturated carbocycles. The van der Waals surface area contributed by atoms with Gasteiger partial charge in [0.05, 0.1) is 25.4 Å². The van der Waals surface area contributed by atoms with Crippen LogP contribution in [-0.4, -0.2) is 32.1 Å². The van der Waals surface area contributed by atoms with Crippen molar-refractivity contribution >= 4 is 5.97 Å². The second-order valence-corrected chi connectivity index (χ2v) is 5.94. The number of benzene rings is 1. The third-order valence-corrected chi connectivity index (χ3v) is 3.94. The molecule has 0 N–H and O–H groups in total. The van der Waals surface area contributed by atoms with Crippen LogP contribution < -0.4 is 0 Å². The summed E-state index contributed by atoms with van der Waals surface area (Å²) in [6, 6.07) is 9.14. The number of ether oxygens (including phenoxy) is 3. The Morgan fingerprint density at radius 2 is 1.71 bits per heavy atom. The van der Waals surface area contributed by atoms with Crippen molar-refractivity contribution < 1.29 is 19.0 Å². The average molecular weight is 332 g/mol. The van der Waals surface area contributed by atoms with Crippen LogP contribution in [0.5, 0.6) is 0 Å². The summed E-state index contributed by atoms with van der Waals surface area (Å²) in [7, 11) is 0. The number of carbonyl (C=O) groups is 1. The van der Waals surface area contributed by atoms with Crippen molar-refractivity contribution in [1.29, 1.82) is 0 Å². The molecule has 1 aliphatic rings. The van der Waals surface area contributed by atoms with Gasteiger partial charge in [0, 0.05) is 6.42 Å². The Morgan fingerprint density at radius 3 is 2.50 bits per heavy atom. The summed E-state index contributed by atoms with van der Waals surface area (Å²) < 4.78 is 16.0. The highest BCUT2D eigenvalue weighted by Crippen LogP contribution is 2.10. The van der Waals surface area contributed by atoms with Crippen molar-refractivity contribution in [3.63, 3.8) is 0 Å². The summed E-state index contributed by atoms with van der Waals surface area (Å²) in [5.41, 5.74) is 0.623. The molecule has 1 aromatic carbocycles. The van der Waals surface area contributed by atoms with Crippen LogP contribution in [0.25, 0.3) is 0 Å². The largest absolute Gasteiger partial charge is 0.462 e. The molecule has 0 unspecified atom stereocenters. The average Bonchev–Trinajstić information content (AvgIpc) is 3.13. The predicted molar refractivity (Wildman–Crippen MR) is 93.9 cm³/mol. The maximum absolute atomic E-state index is 11.7. The molecule has 132 valence electrons. The van der Waals surface area contributed by atoms with E-state index in [2.05, 4.69) is 12.2 Å². The Bertz CT molecular complexity index is 478. The Balaban J connectivity index is 1.37. The SMILES string of the molecule is O=C(OCCCCCCC/C=C/CC1OCCO1)c1ccccc1. The van der Waals surface area contributed by atoms with Crippen molar-refractivity contribution in [2.24, 2.45) is 0 Å². The quantitative estimate of drug-likeness (QED) is 0.340. The molecule has 4 nitrogen and oxygen atoms in total. The zero-order valence-electron chi connectivity index (χ0n) is 14.3. The van der Waals surface area contributed by atoms with Gasteiger partial charge < -0.3 is 14.2 Å². The Kier molecular flexibility index (Phi) is 9.20. The van der Waals surface area contributed by atoms with Gasteiger partial charge in [-0.05, 0) is 31.4 Å². The monoisotopic (exact) mass is 332 g/mol. The molecule has 1 aromatic rings. The molecule has 1 saturated heterocycles. The first-order valence-electron chi connectivity index (χ1n) is 8.96. The van der Waals surface area contributed by atoms with Gasteiger partial charge in [-0.15, -0.1) is 0 Å². The van der Waals surface area contributed by atoms with Gasteiger partial charge in [-0.2, -0.15) is 0 Å². The van der Waals surface area contributed by atoms with E-state index < -0.39 is 0 Å². The lowest BCUT2D eigenvalue weighted by Crippen LogP contribution is -2.06. The number of esters is 1. The van der Waals surface area contributed by atoms with Crippen molar-refractivity contribution in [1.82, 2.24) is 0 Å². The van der Waals surface area contributed by atoms with E-state index in [1.165, 1.54) is 19.3 Å². The fraction of sp³-hybridized carbons (Fsp3) is 0.550. The lowest BCUT2D eigenvalue weighted by atomic mass is 10.1. The van der Waals surface area contributed by atoms with Gasteiger partial charge in [0.15, 0.2) is 6.29 Å². The molecule has 1 aliphatic heterocycles. The Morgan fingerprint density at radius 1 is 1.00 bits per heavy atom. The second kappa shape index (κ2) is 11.8. The summed E-state index contributed by atoms with van der Waals surface area (Å²) in [4.78, 5) is 11.7. The number of hydrogen-bond acceptors (Lipinski definition) is 4. The zero-order chi connectivity index (χ0) is 16.9. The molecular formula is C20H28O4. The van der Waals surface area contributed by atoms with Crippen LogP contribution in [0.4, 0.5) is 0 Å². The standard InChI is InChI=1S/C20H28O4/c21-20(18-12-8-7-9-13-18)24-15-11-6-4-2-1-3-5-10-14-19-22-16-17-23-19/h5,7-10,12-13,19H,1-4,6,11,14-17H2/b10-5+. The summed E-state index contributed by atoms with van der Waals surface area (Å²) in [6.45, 7) is 1.95. The van der Waals surface area contributed by atoms with Gasteiger partial charge >= 0.3 is 5.97 Å². The highest BCUT2D eigenvalue weighted by Gasteiger charge is 2.13. The minimum Gasteiger partial charge on any atom is -0.462 e. The highest BCUT2D eigenvalue weighted by atomic mass is 16.7. The summed E-state index contributed by atoms with van der Waals surface area (Å²) in [5.74, 6) is -0.226. The maximum Gasteiger partial charge on any atom is 0.338 e. The normalized spacial score (nSPS) is 15.2. The number of carbonyl (C=O) groups excluding carboxylic acids is 1. The minimum atomic E-state index is -0.226. The van der Waals surface area contributed by atoms with Gasteiger partial charge in [0.1, 0.15) is 0 Å². The van der Waals surface area contributed by atoms with E-state index >= 15 is 0 Å². The van der Waals surface area contributed by atoms with Crippen LogP contribution in [0.3, 0.4) is 0 Å². The summed E-state index contributed by atoms with van der Waals surface area (Å²) in [5, 5.41) is 0. The predicted octanol–water partition coefficient (Wildman–Crippen LogP) is 4.50. The van der Waals surface area contributed by atoms with E-state index in [-0.39, 0.29) is 12.3 Å². The second-order valence-electron chi connectivity index (χ2n) is 5.94. The van der Waals surface area contributed by atoms with Crippen molar-refractivity contribution in [3.05, 3.63) is 48.0 Å². The number of unbranched alkanes of at least 4 members (excludes halogenated alkanes) is 5. The van der Waals surface area contributed by atoms with E-state index in [1.807, 2.05) is 18.2 Å². The summed E-state index contributed by atoms with van der Waals surface area (Å²) >= 11 is 0. The molecule has 4 heteroatoms. The van der Waals surface area contributed by atoms with Crippen molar-refractivity contribution in [3.8, 4) is 0 Å². The molecule has 1 fully saturated rings. The molecule has 0 radical (unpaired) electrons. The van der Waals surface area contributed by atoms with E-state index in [9.17, 15) is 4.79 Å². The van der Waals surface area contributed by atoms with Crippen LogP contribution in [-0.2, 0) is 14.2 Å². The third-order valence-electron chi connectivity index (χ3n) is 3.94. The maximum atomic E-state index is 11.7. The Labute approximate surface area is 144 Å². The zero-order valence-corrected chi connectivity index (χ0v) is 14.3. The fourth-order valence-corrected chi connectivity index (χ4v) is 2.59. The van der Waals surface area contributed by atoms with Gasteiger partial charge in [-0.1, -0.05) is 49.6 Å². The van der Waals surface area contributed by atoms with Crippen molar-refractivity contribution in [2.45, 2.75) is 51.2 Å². The molecule has 0 aliphatic carbocycles. The van der Waals surface area contributed by atoms with E-state index in [0.717, 1.165) is 38.9 Å². The topological polar surface area (TPSA) is 44.8 Å². The van der Waals surface area contributed by atoms with Crippen molar-refractivity contribution in [2.75, 3.05) is 19.8 Å². The molecule has 0 spiro atoms. The van der Waals surface area contributed by atoms with Crippen LogP contribution in [0.1, 0.15) is 55.3 Å². The minimum absolute atomic E-state index is 0.0279. The highest BCUT2D eigenvalue weighted by molar-refractivity contribution is 5.89. The van der Waals surface area contributed by atoms with Crippen LogP contribution >= 0.6 is 0 Å². The van der Waals surface area contributed by atoms with Crippen LogP contribution in [0.15, 0.2) is 42.5 Å². The van der Waals surface area contributed by atoms with Gasteiger partial charge in [0.2, 0.25) is 0 Å². The van der Waals surface area contributed by atoms with E-state index in [1.54, 1.807) is 12.1 Å². The van der Waals surface area contributed by atoms with E-state index in [4.69, 9.17) is 14.2 Å². The first-order valence-corrected chi connectivity index (χ1v) is 8.96. The van der Waals surface area contributed by atoms with Gasteiger partial charge in [-0.25, -0.2) is 4.79 Å². The molecule has 1 heterocycles. The van der Waals surface area contributed by atoms with E-state index in [0.29, 0.717) is 12.2 Å². The smallest absolute Gasteiger partial charge is 0.338 e. The molecular weight excluding hydrogens is 304 g/mol. The molecule has 2 rings (SSSR count). The molecule has 0 bridgehead atoms. The molecule has 0 aromatic heterocycles. The van der Waals surface area contributed by atoms with Crippen LogP contribution in [0, 0.1) is 0 Å². The Hall–Kier alpha value is -1.65. The van der Waals surface area contributed by atoms with Crippen LogP contribution in [0.2, 0.25) is 0 Å². The number of hydrogen-bond donors (Lipinski definition) is 0. The third kappa shape index (κ3) is 7.75. The first kappa shape index (κ1) is 18.7. The summed E-state index contributed by atoms with van der Waals surface area (Å²) in [6.07, 6.45) is 11.9. The number of allylic oxidation sites excluding steroid dienone is 1. The van der Waals surface area contributed by atoms with Gasteiger partial charge in [-0.3, -0.25) is 0 Å². The lowest BCUT2D eigenvalue weighted by Gasteiger charge is -2.05. The molecule has 24 heavy (non-hydrogen) atoms. The first-order chi connectivity index (χ1) is 11.9. The number of rotatable bonds is 11. The van der Waals surface area contributed by atoms with Gasteiger partial charge in [0.25, 0.3) is 0 Å². The molecule has 0 atom stereocenters. The molecule has 0 amide bonds. The lowest BCUT2D eigenvalue weighted by molar-refractivity contribution is -0.0380.